The SMILES string of the molecule is CC(=NOC(=O)C1CC1)[C@H]1C[C@H]1c1ccc(F)cc1. The maximum Gasteiger partial charge on any atom is 0.338 e. The van der Waals surface area contributed by atoms with Crippen molar-refractivity contribution in [3.05, 3.63) is 35.6 Å². The summed E-state index contributed by atoms with van der Waals surface area (Å²) >= 11 is 0. The van der Waals surface area contributed by atoms with Crippen LogP contribution in [-0.2, 0) is 9.63 Å². The van der Waals surface area contributed by atoms with Gasteiger partial charge in [-0.2, -0.15) is 0 Å². The summed E-state index contributed by atoms with van der Waals surface area (Å²) in [6.07, 6.45) is 2.84. The van der Waals surface area contributed by atoms with E-state index in [2.05, 4.69) is 5.16 Å². The number of benzene rings is 1. The van der Waals surface area contributed by atoms with Crippen molar-refractivity contribution in [2.24, 2.45) is 17.0 Å². The predicted octanol–water partition coefficient (Wildman–Crippen LogP) is 3.26. The lowest BCUT2D eigenvalue weighted by atomic mass is 10.1. The molecule has 3 rings (SSSR count). The fourth-order valence-electron chi connectivity index (χ4n) is 2.31. The zero-order chi connectivity index (χ0) is 13.4. The molecule has 1 aromatic rings. The number of carbonyl (C=O) groups excluding carboxylic acids is 1. The van der Waals surface area contributed by atoms with Crippen LogP contribution in [0.2, 0.25) is 0 Å². The van der Waals surface area contributed by atoms with Crippen molar-refractivity contribution in [3.8, 4) is 0 Å². The summed E-state index contributed by atoms with van der Waals surface area (Å²) in [5, 5.41) is 3.93. The second-order valence-corrected chi connectivity index (χ2v) is 5.42. The second kappa shape index (κ2) is 4.76. The van der Waals surface area contributed by atoms with Gasteiger partial charge in [0.1, 0.15) is 5.82 Å². The first-order chi connectivity index (χ1) is 9.15. The van der Waals surface area contributed by atoms with E-state index >= 15 is 0 Å². The number of hydrogen-bond acceptors (Lipinski definition) is 3. The maximum atomic E-state index is 12.8. The summed E-state index contributed by atoms with van der Waals surface area (Å²) in [5.74, 6) is 0.341. The van der Waals surface area contributed by atoms with Gasteiger partial charge in [-0.25, -0.2) is 9.18 Å². The van der Waals surface area contributed by atoms with Gasteiger partial charge in [0.15, 0.2) is 0 Å². The standard InChI is InChI=1S/C15H16FNO2/c1-9(17-19-15(18)11-2-3-11)13-8-14(13)10-4-6-12(16)7-5-10/h4-7,11,13-14H,2-3,8H2,1H3/t13-,14+/m1/s1. The molecule has 0 heterocycles. The first-order valence-corrected chi connectivity index (χ1v) is 6.66. The van der Waals surface area contributed by atoms with E-state index in [4.69, 9.17) is 4.84 Å². The molecule has 0 saturated heterocycles. The third kappa shape index (κ3) is 2.83. The molecule has 0 N–H and O–H groups in total. The van der Waals surface area contributed by atoms with Gasteiger partial charge in [0, 0.05) is 5.92 Å². The average molecular weight is 261 g/mol. The van der Waals surface area contributed by atoms with Crippen molar-refractivity contribution in [3.63, 3.8) is 0 Å². The van der Waals surface area contributed by atoms with Gasteiger partial charge in [0.2, 0.25) is 0 Å². The molecule has 0 unspecified atom stereocenters. The lowest BCUT2D eigenvalue weighted by molar-refractivity contribution is -0.145. The maximum absolute atomic E-state index is 12.8. The minimum Gasteiger partial charge on any atom is -0.318 e. The highest BCUT2D eigenvalue weighted by Crippen LogP contribution is 2.48. The fraction of sp³-hybridized carbons (Fsp3) is 0.467. The largest absolute Gasteiger partial charge is 0.338 e. The topological polar surface area (TPSA) is 38.7 Å². The summed E-state index contributed by atoms with van der Waals surface area (Å²) in [6.45, 7) is 1.88. The van der Waals surface area contributed by atoms with E-state index in [1.54, 1.807) is 0 Å². The lowest BCUT2D eigenvalue weighted by Crippen LogP contribution is -2.05. The molecule has 0 bridgehead atoms. The van der Waals surface area contributed by atoms with E-state index in [-0.39, 0.29) is 17.7 Å². The van der Waals surface area contributed by atoms with Crippen LogP contribution in [0.1, 0.15) is 37.7 Å². The van der Waals surface area contributed by atoms with Gasteiger partial charge >= 0.3 is 5.97 Å². The molecule has 100 valence electrons. The number of nitrogens with zero attached hydrogens (tertiary/aromatic N) is 1. The Morgan fingerprint density at radius 1 is 1.32 bits per heavy atom. The first kappa shape index (κ1) is 12.3. The third-order valence-corrected chi connectivity index (χ3v) is 3.82. The Hall–Kier alpha value is -1.71. The normalized spacial score (nSPS) is 26.1. The summed E-state index contributed by atoms with van der Waals surface area (Å²) in [7, 11) is 0. The quantitative estimate of drug-likeness (QED) is 0.474. The molecular formula is C15H16FNO2. The molecule has 2 aliphatic rings. The van der Waals surface area contributed by atoms with Crippen LogP contribution in [-0.4, -0.2) is 11.7 Å². The zero-order valence-electron chi connectivity index (χ0n) is 10.8. The molecule has 0 radical (unpaired) electrons. The summed E-state index contributed by atoms with van der Waals surface area (Å²) in [5.41, 5.74) is 1.97. The predicted molar refractivity (Wildman–Crippen MR) is 69.2 cm³/mol. The second-order valence-electron chi connectivity index (χ2n) is 5.42. The molecule has 3 nitrogen and oxygen atoms in total. The van der Waals surface area contributed by atoms with Crippen LogP contribution in [0.25, 0.3) is 0 Å². The number of carbonyl (C=O) groups is 1. The van der Waals surface area contributed by atoms with Crippen LogP contribution >= 0.6 is 0 Å². The Morgan fingerprint density at radius 3 is 2.63 bits per heavy atom. The highest BCUT2D eigenvalue weighted by Gasteiger charge is 2.41. The van der Waals surface area contributed by atoms with E-state index in [1.807, 2.05) is 19.1 Å². The molecule has 2 aliphatic carbocycles. The molecule has 2 atom stereocenters. The number of oxime groups is 1. The van der Waals surface area contributed by atoms with Crippen molar-refractivity contribution in [2.75, 3.05) is 0 Å². The van der Waals surface area contributed by atoms with Gasteiger partial charge in [-0.3, -0.25) is 0 Å². The Kier molecular flexibility index (Phi) is 3.09. The summed E-state index contributed by atoms with van der Waals surface area (Å²) < 4.78 is 12.8. The molecule has 4 heteroatoms. The molecule has 19 heavy (non-hydrogen) atoms. The molecule has 0 amide bonds. The van der Waals surface area contributed by atoms with Gasteiger partial charge in [-0.1, -0.05) is 17.3 Å². The van der Waals surface area contributed by atoms with Crippen LogP contribution in [0.4, 0.5) is 4.39 Å². The molecule has 2 fully saturated rings. The van der Waals surface area contributed by atoms with Crippen LogP contribution in [0, 0.1) is 17.7 Å². The molecule has 0 aliphatic heterocycles. The monoisotopic (exact) mass is 261 g/mol. The van der Waals surface area contributed by atoms with Crippen molar-refractivity contribution >= 4 is 11.7 Å². The van der Waals surface area contributed by atoms with E-state index in [1.165, 1.54) is 12.1 Å². The van der Waals surface area contributed by atoms with E-state index in [0.717, 1.165) is 30.5 Å². The van der Waals surface area contributed by atoms with Gasteiger partial charge in [0.25, 0.3) is 0 Å². The van der Waals surface area contributed by atoms with E-state index < -0.39 is 0 Å². The number of rotatable bonds is 4. The Bertz CT molecular complexity index is 519. The molecule has 2 saturated carbocycles. The minimum atomic E-state index is -0.218. The van der Waals surface area contributed by atoms with Crippen LogP contribution < -0.4 is 0 Å². The minimum absolute atomic E-state index is 0.0728. The fourth-order valence-corrected chi connectivity index (χ4v) is 2.31. The zero-order valence-corrected chi connectivity index (χ0v) is 10.8. The van der Waals surface area contributed by atoms with Crippen LogP contribution in [0.5, 0.6) is 0 Å². The van der Waals surface area contributed by atoms with Gasteiger partial charge in [-0.05, 0) is 49.8 Å². The summed E-state index contributed by atoms with van der Waals surface area (Å²) in [4.78, 5) is 16.3. The van der Waals surface area contributed by atoms with Crippen molar-refractivity contribution in [1.29, 1.82) is 0 Å². The highest BCUT2D eigenvalue weighted by molar-refractivity contribution is 5.88. The van der Waals surface area contributed by atoms with E-state index in [9.17, 15) is 9.18 Å². The van der Waals surface area contributed by atoms with Crippen molar-refractivity contribution in [2.45, 2.75) is 32.1 Å². The van der Waals surface area contributed by atoms with Crippen molar-refractivity contribution in [1.82, 2.24) is 0 Å². The molecule has 0 spiro atoms. The van der Waals surface area contributed by atoms with E-state index in [0.29, 0.717) is 11.8 Å². The number of hydrogen-bond donors (Lipinski definition) is 0. The van der Waals surface area contributed by atoms with Gasteiger partial charge < -0.3 is 4.84 Å². The van der Waals surface area contributed by atoms with Crippen LogP contribution in [0.15, 0.2) is 29.4 Å². The smallest absolute Gasteiger partial charge is 0.318 e. The van der Waals surface area contributed by atoms with Gasteiger partial charge in [-0.15, -0.1) is 0 Å². The Balaban J connectivity index is 1.57. The van der Waals surface area contributed by atoms with Gasteiger partial charge in [0.05, 0.1) is 11.6 Å². The Morgan fingerprint density at radius 2 is 2.00 bits per heavy atom. The first-order valence-electron chi connectivity index (χ1n) is 6.66. The average Bonchev–Trinajstić information content (AvgIpc) is 3.28. The molecular weight excluding hydrogens is 245 g/mol. The highest BCUT2D eigenvalue weighted by atomic mass is 19.1. The van der Waals surface area contributed by atoms with Crippen molar-refractivity contribution < 1.29 is 14.0 Å². The third-order valence-electron chi connectivity index (χ3n) is 3.82. The number of halogens is 1. The Labute approximate surface area is 111 Å². The molecule has 0 aromatic heterocycles. The molecule has 1 aromatic carbocycles. The van der Waals surface area contributed by atoms with Crippen LogP contribution in [0.3, 0.4) is 0 Å². The summed E-state index contributed by atoms with van der Waals surface area (Å²) in [6, 6.07) is 6.57. The lowest BCUT2D eigenvalue weighted by Gasteiger charge is -2.01.